The average Bonchev–Trinajstić information content (AvgIpc) is 2.26. The number of hydrogen-bond acceptors (Lipinski definition) is 6. The number of alkyl halides is 3. The highest BCUT2D eigenvalue weighted by Crippen LogP contribution is 2.36. The van der Waals surface area contributed by atoms with E-state index in [9.17, 15) is 28.1 Å². The highest BCUT2D eigenvalue weighted by molar-refractivity contribution is 5.92. The number of aromatic carboxylic acids is 1. The third-order valence-corrected chi connectivity index (χ3v) is 1.76. The minimum Gasteiger partial charge on any atom is -0.478 e. The first-order valence-corrected chi connectivity index (χ1v) is 4.38. The van der Waals surface area contributed by atoms with Crippen molar-refractivity contribution in [3.05, 3.63) is 21.7 Å². The van der Waals surface area contributed by atoms with Gasteiger partial charge in [-0.1, -0.05) is 0 Å². The molecule has 0 bridgehead atoms. The molecule has 1 aromatic rings. The lowest BCUT2D eigenvalue weighted by atomic mass is 10.2. The molecule has 1 rings (SSSR count). The molecule has 1 aromatic heterocycles. The number of methoxy groups -OCH3 is 1. The van der Waals surface area contributed by atoms with Gasteiger partial charge >= 0.3 is 24.0 Å². The molecule has 0 aliphatic heterocycles. The van der Waals surface area contributed by atoms with E-state index in [1.165, 1.54) is 0 Å². The van der Waals surface area contributed by atoms with E-state index in [0.717, 1.165) is 7.11 Å². The highest BCUT2D eigenvalue weighted by atomic mass is 19.4. The second-order valence-corrected chi connectivity index (χ2v) is 2.98. The van der Waals surface area contributed by atoms with Crippen LogP contribution >= 0.6 is 0 Å². The maximum atomic E-state index is 12.1. The Kier molecular flexibility index (Phi) is 3.77. The molecule has 11 heteroatoms. The van der Waals surface area contributed by atoms with Gasteiger partial charge in [-0.05, 0) is 4.92 Å². The van der Waals surface area contributed by atoms with Gasteiger partial charge in [-0.15, -0.1) is 13.2 Å². The molecular weight excluding hydrogens is 277 g/mol. The van der Waals surface area contributed by atoms with Gasteiger partial charge in [0, 0.05) is 4.98 Å². The van der Waals surface area contributed by atoms with Crippen LogP contribution in [-0.2, 0) is 0 Å². The summed E-state index contributed by atoms with van der Waals surface area (Å²) in [5, 5.41) is 19.2. The number of hydrogen-bond donors (Lipinski definition) is 1. The van der Waals surface area contributed by atoms with Gasteiger partial charge in [0.15, 0.2) is 0 Å². The van der Waals surface area contributed by atoms with Crippen LogP contribution in [0.1, 0.15) is 10.4 Å². The van der Waals surface area contributed by atoms with Crippen molar-refractivity contribution in [2.45, 2.75) is 6.36 Å². The zero-order valence-corrected chi connectivity index (χ0v) is 9.09. The van der Waals surface area contributed by atoms with Crippen LogP contribution < -0.4 is 9.47 Å². The number of rotatable bonds is 4. The second kappa shape index (κ2) is 4.96. The van der Waals surface area contributed by atoms with Crippen LogP contribution in [0.5, 0.6) is 11.6 Å². The molecule has 8 nitrogen and oxygen atoms in total. The Morgan fingerprint density at radius 3 is 2.47 bits per heavy atom. The molecular formula is C8H5F3N2O6. The first-order chi connectivity index (χ1) is 8.65. The Labute approximate surface area is 102 Å². The summed E-state index contributed by atoms with van der Waals surface area (Å²) in [6, 6.07) is 0.339. The average molecular weight is 282 g/mol. The summed E-state index contributed by atoms with van der Waals surface area (Å²) in [7, 11) is 0.862. The van der Waals surface area contributed by atoms with Gasteiger partial charge in [0.05, 0.1) is 13.2 Å². The van der Waals surface area contributed by atoms with E-state index in [1.807, 2.05) is 0 Å². The SMILES string of the molecule is COc1nc([N+](=O)[O-])cc(C(=O)O)c1OC(F)(F)F. The monoisotopic (exact) mass is 282 g/mol. The number of ether oxygens (including phenoxy) is 2. The van der Waals surface area contributed by atoms with Crippen LogP contribution in [-0.4, -0.2) is 34.5 Å². The summed E-state index contributed by atoms with van der Waals surface area (Å²) < 4.78 is 44.2. The summed E-state index contributed by atoms with van der Waals surface area (Å²) in [4.78, 5) is 23.3. The van der Waals surface area contributed by atoms with Crippen LogP contribution in [0.3, 0.4) is 0 Å². The summed E-state index contributed by atoms with van der Waals surface area (Å²) in [6.45, 7) is 0. The van der Waals surface area contributed by atoms with Crippen molar-refractivity contribution in [1.29, 1.82) is 0 Å². The smallest absolute Gasteiger partial charge is 0.478 e. The summed E-state index contributed by atoms with van der Waals surface area (Å²) in [5.41, 5.74) is -1.09. The third-order valence-electron chi connectivity index (χ3n) is 1.76. The number of carboxylic acids is 1. The number of pyridine rings is 1. The Hall–Kier alpha value is -2.59. The summed E-state index contributed by atoms with van der Waals surface area (Å²) >= 11 is 0. The quantitative estimate of drug-likeness (QED) is 0.659. The second-order valence-electron chi connectivity index (χ2n) is 2.98. The van der Waals surface area contributed by atoms with Crippen molar-refractivity contribution in [3.63, 3.8) is 0 Å². The van der Waals surface area contributed by atoms with E-state index in [2.05, 4.69) is 14.5 Å². The number of nitrogens with zero attached hydrogens (tertiary/aromatic N) is 2. The van der Waals surface area contributed by atoms with Gasteiger partial charge in [-0.3, -0.25) is 0 Å². The predicted octanol–water partition coefficient (Wildman–Crippen LogP) is 1.60. The maximum absolute atomic E-state index is 12.1. The molecule has 1 N–H and O–H groups in total. The number of halogens is 3. The van der Waals surface area contributed by atoms with E-state index < -0.39 is 40.3 Å². The number of carboxylic acid groups (broad SMARTS) is 1. The number of nitro groups is 1. The minimum atomic E-state index is -5.20. The maximum Gasteiger partial charge on any atom is 0.573 e. The summed E-state index contributed by atoms with van der Waals surface area (Å²) in [6.07, 6.45) is -5.20. The largest absolute Gasteiger partial charge is 0.573 e. The lowest BCUT2D eigenvalue weighted by molar-refractivity contribution is -0.389. The van der Waals surface area contributed by atoms with E-state index in [-0.39, 0.29) is 0 Å². The molecule has 0 radical (unpaired) electrons. The molecule has 0 spiro atoms. The lowest BCUT2D eigenvalue weighted by Gasteiger charge is -2.11. The number of carbonyl (C=O) groups is 1. The molecule has 0 aliphatic rings. The van der Waals surface area contributed by atoms with Crippen molar-refractivity contribution < 1.29 is 37.5 Å². The molecule has 0 aliphatic carbocycles. The first kappa shape index (κ1) is 14.5. The van der Waals surface area contributed by atoms with Crippen molar-refractivity contribution in [2.24, 2.45) is 0 Å². The Morgan fingerprint density at radius 1 is 1.53 bits per heavy atom. The predicted molar refractivity (Wildman–Crippen MR) is 51.1 cm³/mol. The third kappa shape index (κ3) is 3.43. The summed E-state index contributed by atoms with van der Waals surface area (Å²) in [5.74, 6) is -5.05. The van der Waals surface area contributed by atoms with Crippen LogP contribution in [0.15, 0.2) is 6.07 Å². The molecule has 19 heavy (non-hydrogen) atoms. The molecule has 1 heterocycles. The zero-order valence-electron chi connectivity index (χ0n) is 9.09. The molecule has 0 fully saturated rings. The molecule has 0 saturated carbocycles. The van der Waals surface area contributed by atoms with Gasteiger partial charge in [0.25, 0.3) is 0 Å². The van der Waals surface area contributed by atoms with Crippen LogP contribution in [0.2, 0.25) is 0 Å². The van der Waals surface area contributed by atoms with E-state index >= 15 is 0 Å². The molecule has 104 valence electrons. The van der Waals surface area contributed by atoms with Crippen molar-refractivity contribution in [1.82, 2.24) is 4.98 Å². The topological polar surface area (TPSA) is 112 Å². The standard InChI is InChI=1S/C8H5F3N2O6/c1-18-6-5(19-8(9,10)11)3(7(14)15)2-4(12-6)13(16)17/h2H,1H3,(H,14,15). The highest BCUT2D eigenvalue weighted by Gasteiger charge is 2.38. The van der Waals surface area contributed by atoms with Crippen LogP contribution in [0.25, 0.3) is 0 Å². The van der Waals surface area contributed by atoms with Gasteiger partial charge < -0.3 is 24.7 Å². The molecule has 0 aromatic carbocycles. The molecule has 0 saturated heterocycles. The van der Waals surface area contributed by atoms with E-state index in [4.69, 9.17) is 5.11 Å². The Morgan fingerprint density at radius 2 is 2.11 bits per heavy atom. The van der Waals surface area contributed by atoms with Crippen molar-refractivity contribution in [2.75, 3.05) is 7.11 Å². The van der Waals surface area contributed by atoms with Crippen LogP contribution in [0.4, 0.5) is 19.0 Å². The minimum absolute atomic E-state index is 0.339. The zero-order chi connectivity index (χ0) is 14.8. The van der Waals surface area contributed by atoms with Gasteiger partial charge in [-0.2, -0.15) is 0 Å². The first-order valence-electron chi connectivity index (χ1n) is 4.38. The van der Waals surface area contributed by atoms with Gasteiger partial charge in [0.1, 0.15) is 5.56 Å². The normalized spacial score (nSPS) is 10.9. The van der Waals surface area contributed by atoms with Crippen molar-refractivity contribution in [3.8, 4) is 11.6 Å². The van der Waals surface area contributed by atoms with E-state index in [1.54, 1.807) is 0 Å². The van der Waals surface area contributed by atoms with Crippen LogP contribution in [0, 0.1) is 10.1 Å². The van der Waals surface area contributed by atoms with E-state index in [0.29, 0.717) is 6.07 Å². The fraction of sp³-hybridized carbons (Fsp3) is 0.250. The van der Waals surface area contributed by atoms with Crippen molar-refractivity contribution >= 4 is 11.8 Å². The number of aromatic nitrogens is 1. The van der Waals surface area contributed by atoms with Gasteiger partial charge in [0.2, 0.25) is 5.75 Å². The van der Waals surface area contributed by atoms with Gasteiger partial charge in [-0.25, -0.2) is 4.79 Å². The fourth-order valence-electron chi connectivity index (χ4n) is 1.10. The molecule has 0 amide bonds. The molecule has 0 atom stereocenters. The fourth-order valence-corrected chi connectivity index (χ4v) is 1.10. The Bertz CT molecular complexity index is 530. The molecule has 0 unspecified atom stereocenters. The lowest BCUT2D eigenvalue weighted by Crippen LogP contribution is -2.20. The Balaban J connectivity index is 3.49.